The first-order chi connectivity index (χ1) is 7.95. The van der Waals surface area contributed by atoms with Crippen LogP contribution in [0.15, 0.2) is 0 Å². The Hall–Kier alpha value is -0.680. The van der Waals surface area contributed by atoms with Crippen LogP contribution in [0.2, 0.25) is 0 Å². The van der Waals surface area contributed by atoms with E-state index in [0.29, 0.717) is 0 Å². The third kappa shape index (κ3) is 3.39. The lowest BCUT2D eigenvalue weighted by atomic mass is 9.96. The highest BCUT2D eigenvalue weighted by Crippen LogP contribution is 2.23. The van der Waals surface area contributed by atoms with Crippen LogP contribution in [0.1, 0.15) is 33.0 Å². The van der Waals surface area contributed by atoms with Crippen LogP contribution in [-0.4, -0.2) is 40.9 Å². The van der Waals surface area contributed by atoms with E-state index in [0.717, 1.165) is 23.4 Å². The molecule has 1 aromatic heterocycles. The van der Waals surface area contributed by atoms with E-state index >= 15 is 0 Å². The van der Waals surface area contributed by atoms with Gasteiger partial charge in [0.15, 0.2) is 0 Å². The summed E-state index contributed by atoms with van der Waals surface area (Å²) in [6, 6.07) is 0. The summed E-state index contributed by atoms with van der Waals surface area (Å²) in [4.78, 5) is 6.93. The van der Waals surface area contributed by atoms with E-state index < -0.39 is 0 Å². The Balaban J connectivity index is 1.85. The molecular weight excluding hydrogens is 232 g/mol. The maximum atomic E-state index is 4.54. The van der Waals surface area contributed by atoms with E-state index in [-0.39, 0.29) is 5.41 Å². The summed E-state index contributed by atoms with van der Waals surface area (Å²) in [5, 5.41) is 4.38. The van der Waals surface area contributed by atoms with E-state index in [2.05, 4.69) is 47.4 Å². The normalized spacial score (nSPS) is 22.0. The lowest BCUT2D eigenvalue weighted by Crippen LogP contribution is -2.19. The molecule has 0 bridgehead atoms. The van der Waals surface area contributed by atoms with Crippen LogP contribution in [0.5, 0.6) is 0 Å². The fourth-order valence-electron chi connectivity index (χ4n) is 2.02. The smallest absolute Gasteiger partial charge is 0.202 e. The van der Waals surface area contributed by atoms with E-state index in [1.165, 1.54) is 31.0 Å². The van der Waals surface area contributed by atoms with Crippen molar-refractivity contribution in [3.8, 4) is 0 Å². The van der Waals surface area contributed by atoms with Crippen molar-refractivity contribution in [3.63, 3.8) is 0 Å². The molecule has 1 fully saturated rings. The SMILES string of the molecule is CN1CCC(CNc2nc(C(C)(C)C)ns2)C1. The van der Waals surface area contributed by atoms with Gasteiger partial charge in [0.2, 0.25) is 5.13 Å². The quantitative estimate of drug-likeness (QED) is 0.898. The number of nitrogens with one attached hydrogen (secondary N) is 1. The number of hydrogen-bond acceptors (Lipinski definition) is 5. The number of likely N-dealkylation sites (tertiary alicyclic amines) is 1. The largest absolute Gasteiger partial charge is 0.360 e. The van der Waals surface area contributed by atoms with E-state index in [4.69, 9.17) is 0 Å². The molecule has 17 heavy (non-hydrogen) atoms. The van der Waals surface area contributed by atoms with E-state index in [1.807, 2.05) is 0 Å². The molecule has 2 rings (SSSR count). The molecule has 1 unspecified atom stereocenters. The number of nitrogens with zero attached hydrogens (tertiary/aromatic N) is 3. The number of anilines is 1. The highest BCUT2D eigenvalue weighted by Gasteiger charge is 2.21. The molecule has 1 aromatic rings. The summed E-state index contributed by atoms with van der Waals surface area (Å²) in [6.45, 7) is 9.86. The fourth-order valence-corrected chi connectivity index (χ4v) is 2.79. The summed E-state index contributed by atoms with van der Waals surface area (Å²) in [7, 11) is 2.18. The average molecular weight is 254 g/mol. The average Bonchev–Trinajstić information content (AvgIpc) is 2.82. The predicted octanol–water partition coefficient (Wildman–Crippen LogP) is 2.20. The van der Waals surface area contributed by atoms with Gasteiger partial charge in [-0.3, -0.25) is 0 Å². The molecular formula is C12H22N4S. The first-order valence-corrected chi connectivity index (χ1v) is 6.99. The Morgan fingerprint density at radius 1 is 1.47 bits per heavy atom. The third-order valence-electron chi connectivity index (χ3n) is 3.13. The monoisotopic (exact) mass is 254 g/mol. The second kappa shape index (κ2) is 4.90. The zero-order valence-electron chi connectivity index (χ0n) is 11.2. The molecule has 0 aromatic carbocycles. The predicted molar refractivity (Wildman–Crippen MR) is 72.7 cm³/mol. The van der Waals surface area contributed by atoms with Crippen molar-refractivity contribution in [2.24, 2.45) is 5.92 Å². The van der Waals surface area contributed by atoms with Crippen LogP contribution in [0.25, 0.3) is 0 Å². The van der Waals surface area contributed by atoms with Crippen molar-refractivity contribution in [1.29, 1.82) is 0 Å². The Morgan fingerprint density at radius 2 is 2.24 bits per heavy atom. The molecule has 1 atom stereocenters. The van der Waals surface area contributed by atoms with Gasteiger partial charge in [-0.25, -0.2) is 4.98 Å². The van der Waals surface area contributed by atoms with Crippen molar-refractivity contribution in [2.75, 3.05) is 32.0 Å². The lowest BCUT2D eigenvalue weighted by molar-refractivity contribution is 0.399. The minimum Gasteiger partial charge on any atom is -0.360 e. The molecule has 5 heteroatoms. The van der Waals surface area contributed by atoms with Crippen molar-refractivity contribution >= 4 is 16.7 Å². The van der Waals surface area contributed by atoms with Gasteiger partial charge in [-0.2, -0.15) is 4.37 Å². The fraction of sp³-hybridized carbons (Fsp3) is 0.833. The van der Waals surface area contributed by atoms with Gasteiger partial charge in [-0.1, -0.05) is 20.8 Å². The van der Waals surface area contributed by atoms with Crippen molar-refractivity contribution in [2.45, 2.75) is 32.6 Å². The molecule has 0 radical (unpaired) electrons. The van der Waals surface area contributed by atoms with Gasteiger partial charge in [-0.05, 0) is 25.9 Å². The molecule has 1 saturated heterocycles. The van der Waals surface area contributed by atoms with Crippen LogP contribution >= 0.6 is 11.5 Å². The van der Waals surface area contributed by atoms with E-state index in [1.54, 1.807) is 0 Å². The van der Waals surface area contributed by atoms with E-state index in [9.17, 15) is 0 Å². The van der Waals surface area contributed by atoms with Crippen LogP contribution in [0, 0.1) is 5.92 Å². The summed E-state index contributed by atoms with van der Waals surface area (Å²) in [5.41, 5.74) is 0.0456. The number of aromatic nitrogens is 2. The molecule has 1 N–H and O–H groups in total. The topological polar surface area (TPSA) is 41.0 Å². The molecule has 96 valence electrons. The van der Waals surface area contributed by atoms with Gasteiger partial charge >= 0.3 is 0 Å². The summed E-state index contributed by atoms with van der Waals surface area (Å²) < 4.78 is 4.41. The Kier molecular flexibility index (Phi) is 3.68. The van der Waals surface area contributed by atoms with Crippen LogP contribution < -0.4 is 5.32 Å². The Bertz CT molecular complexity index is 369. The molecule has 0 aliphatic carbocycles. The number of rotatable bonds is 3. The van der Waals surface area contributed by atoms with Gasteiger partial charge in [0.1, 0.15) is 5.82 Å². The molecule has 0 spiro atoms. The van der Waals surface area contributed by atoms with Crippen molar-refractivity contribution in [3.05, 3.63) is 5.82 Å². The summed E-state index contributed by atoms with van der Waals surface area (Å²) >= 11 is 1.47. The second-order valence-corrected chi connectivity index (χ2v) is 6.72. The minimum absolute atomic E-state index is 0.0456. The zero-order chi connectivity index (χ0) is 12.5. The highest BCUT2D eigenvalue weighted by molar-refractivity contribution is 7.09. The molecule has 1 aliphatic rings. The van der Waals surface area contributed by atoms with Gasteiger partial charge in [0.05, 0.1) is 0 Å². The van der Waals surface area contributed by atoms with Gasteiger partial charge in [0, 0.05) is 30.0 Å². The first kappa shape index (κ1) is 12.8. The summed E-state index contributed by atoms with van der Waals surface area (Å²) in [6.07, 6.45) is 1.29. The van der Waals surface area contributed by atoms with Gasteiger partial charge in [0.25, 0.3) is 0 Å². The number of hydrogen-bond donors (Lipinski definition) is 1. The maximum absolute atomic E-state index is 4.54. The summed E-state index contributed by atoms with van der Waals surface area (Å²) in [5.74, 6) is 1.69. The molecule has 0 saturated carbocycles. The van der Waals surface area contributed by atoms with Gasteiger partial charge in [-0.15, -0.1) is 0 Å². The third-order valence-corrected chi connectivity index (χ3v) is 3.80. The Morgan fingerprint density at radius 3 is 2.76 bits per heavy atom. The molecule has 2 heterocycles. The minimum atomic E-state index is 0.0456. The van der Waals surface area contributed by atoms with Crippen LogP contribution in [0.4, 0.5) is 5.13 Å². The maximum Gasteiger partial charge on any atom is 0.202 e. The molecule has 1 aliphatic heterocycles. The van der Waals surface area contributed by atoms with Crippen LogP contribution in [0.3, 0.4) is 0 Å². The lowest BCUT2D eigenvalue weighted by Gasteiger charge is -2.12. The Labute approximate surface area is 108 Å². The molecule has 0 amide bonds. The van der Waals surface area contributed by atoms with Crippen molar-refractivity contribution in [1.82, 2.24) is 14.3 Å². The highest BCUT2D eigenvalue weighted by atomic mass is 32.1. The standard InChI is InChI=1S/C12H22N4S/c1-12(2,3)10-14-11(17-15-10)13-7-9-5-6-16(4)8-9/h9H,5-8H2,1-4H3,(H,13,14,15). The van der Waals surface area contributed by atoms with Crippen LogP contribution in [-0.2, 0) is 5.41 Å². The van der Waals surface area contributed by atoms with Crippen molar-refractivity contribution < 1.29 is 0 Å². The molecule has 4 nitrogen and oxygen atoms in total. The van der Waals surface area contributed by atoms with Gasteiger partial charge < -0.3 is 10.2 Å². The zero-order valence-corrected chi connectivity index (χ0v) is 12.0. The second-order valence-electron chi connectivity index (χ2n) is 5.97. The first-order valence-electron chi connectivity index (χ1n) is 6.22.